The van der Waals surface area contributed by atoms with Crippen LogP contribution in [0.1, 0.15) is 34.9 Å². The summed E-state index contributed by atoms with van der Waals surface area (Å²) in [4.78, 5) is 21.7. The maximum Gasteiger partial charge on any atom is 0.259 e. The number of nitrogens with one attached hydrogen (secondary N) is 1. The third-order valence-corrected chi connectivity index (χ3v) is 4.38. The molecule has 1 saturated heterocycles. The molecule has 5 nitrogen and oxygen atoms in total. The second-order valence-corrected chi connectivity index (χ2v) is 6.19. The predicted molar refractivity (Wildman–Crippen MR) is 84.6 cm³/mol. The SMILES string of the molecule is O=C(c1c(O)cc(Cl)cc1Cl)N1CCC[C@H](c2ncc[nH]2)C1. The molecule has 0 saturated carbocycles. The van der Waals surface area contributed by atoms with E-state index in [0.29, 0.717) is 18.1 Å². The fraction of sp³-hybridized carbons (Fsp3) is 0.333. The largest absolute Gasteiger partial charge is 0.507 e. The summed E-state index contributed by atoms with van der Waals surface area (Å²) in [6, 6.07) is 2.79. The summed E-state index contributed by atoms with van der Waals surface area (Å²) in [5, 5.41) is 10.4. The molecule has 1 fully saturated rings. The Morgan fingerprint density at radius 1 is 1.41 bits per heavy atom. The van der Waals surface area contributed by atoms with Crippen molar-refractivity contribution in [3.05, 3.63) is 46.0 Å². The molecule has 116 valence electrons. The smallest absolute Gasteiger partial charge is 0.259 e. The van der Waals surface area contributed by atoms with Crippen LogP contribution >= 0.6 is 23.2 Å². The third-order valence-electron chi connectivity index (χ3n) is 3.86. The molecule has 0 aliphatic carbocycles. The highest BCUT2D eigenvalue weighted by atomic mass is 35.5. The van der Waals surface area contributed by atoms with E-state index in [4.69, 9.17) is 23.2 Å². The zero-order chi connectivity index (χ0) is 15.7. The van der Waals surface area contributed by atoms with Crippen molar-refractivity contribution < 1.29 is 9.90 Å². The fourth-order valence-corrected chi connectivity index (χ4v) is 3.38. The lowest BCUT2D eigenvalue weighted by molar-refractivity contribution is 0.0702. The second-order valence-electron chi connectivity index (χ2n) is 5.35. The standard InChI is InChI=1S/C15H15Cl2N3O2/c16-10-6-11(17)13(12(21)7-10)15(22)20-5-1-2-9(8-20)14-18-3-4-19-14/h3-4,6-7,9,21H,1-2,5,8H2,(H,18,19)/t9-/m0/s1. The van der Waals surface area contributed by atoms with Crippen molar-refractivity contribution in [2.45, 2.75) is 18.8 Å². The van der Waals surface area contributed by atoms with E-state index in [2.05, 4.69) is 9.97 Å². The number of aromatic amines is 1. The minimum atomic E-state index is -0.282. The Bertz CT molecular complexity index is 665. The van der Waals surface area contributed by atoms with Gasteiger partial charge in [-0.25, -0.2) is 4.98 Å². The van der Waals surface area contributed by atoms with Crippen LogP contribution in [0.3, 0.4) is 0 Å². The summed E-state index contributed by atoms with van der Waals surface area (Å²) in [6.07, 6.45) is 5.33. The van der Waals surface area contributed by atoms with Crippen molar-refractivity contribution in [3.63, 3.8) is 0 Å². The van der Waals surface area contributed by atoms with Gasteiger partial charge >= 0.3 is 0 Å². The number of piperidine rings is 1. The molecule has 1 aromatic carbocycles. The van der Waals surface area contributed by atoms with Crippen molar-refractivity contribution in [3.8, 4) is 5.75 Å². The number of aromatic hydroxyl groups is 1. The highest BCUT2D eigenvalue weighted by molar-refractivity contribution is 6.37. The molecule has 3 rings (SSSR count). The quantitative estimate of drug-likeness (QED) is 0.880. The third kappa shape index (κ3) is 2.91. The Kier molecular flexibility index (Phi) is 4.27. The minimum Gasteiger partial charge on any atom is -0.507 e. The topological polar surface area (TPSA) is 69.2 Å². The van der Waals surface area contributed by atoms with Crippen molar-refractivity contribution in [1.82, 2.24) is 14.9 Å². The van der Waals surface area contributed by atoms with Crippen molar-refractivity contribution in [1.29, 1.82) is 0 Å². The van der Waals surface area contributed by atoms with Crippen LogP contribution in [0, 0.1) is 0 Å². The molecule has 0 radical (unpaired) electrons. The van der Waals surface area contributed by atoms with Crippen LogP contribution < -0.4 is 0 Å². The number of nitrogens with zero attached hydrogens (tertiary/aromatic N) is 2. The number of benzene rings is 1. The summed E-state index contributed by atoms with van der Waals surface area (Å²) >= 11 is 11.9. The molecule has 2 aromatic rings. The summed E-state index contributed by atoms with van der Waals surface area (Å²) in [5.74, 6) is 0.572. The number of phenolic OH excluding ortho intramolecular Hbond substituents is 1. The van der Waals surface area contributed by atoms with E-state index >= 15 is 0 Å². The van der Waals surface area contributed by atoms with Gasteiger partial charge in [-0.15, -0.1) is 0 Å². The molecule has 1 aromatic heterocycles. The molecule has 0 unspecified atom stereocenters. The first kappa shape index (κ1) is 15.2. The van der Waals surface area contributed by atoms with Crippen LogP contribution in [0.2, 0.25) is 10.0 Å². The highest BCUT2D eigenvalue weighted by Gasteiger charge is 2.29. The molecule has 2 heterocycles. The highest BCUT2D eigenvalue weighted by Crippen LogP contribution is 2.33. The van der Waals surface area contributed by atoms with Crippen LogP contribution in [-0.4, -0.2) is 39.0 Å². The van der Waals surface area contributed by atoms with Gasteiger partial charge in [0, 0.05) is 36.4 Å². The van der Waals surface area contributed by atoms with Crippen molar-refractivity contribution in [2.24, 2.45) is 0 Å². The molecule has 0 bridgehead atoms. The van der Waals surface area contributed by atoms with Crippen LogP contribution in [-0.2, 0) is 0 Å². The van der Waals surface area contributed by atoms with E-state index in [1.807, 2.05) is 0 Å². The average Bonchev–Trinajstić information content (AvgIpc) is 3.00. The number of carbonyl (C=O) groups excluding carboxylic acids is 1. The number of likely N-dealkylation sites (tertiary alicyclic amines) is 1. The molecule has 2 N–H and O–H groups in total. The maximum absolute atomic E-state index is 12.7. The number of hydrogen-bond acceptors (Lipinski definition) is 3. The van der Waals surface area contributed by atoms with Crippen molar-refractivity contribution >= 4 is 29.1 Å². The number of phenols is 1. The normalized spacial score (nSPS) is 18.5. The van der Waals surface area contributed by atoms with Gasteiger partial charge in [-0.1, -0.05) is 23.2 Å². The van der Waals surface area contributed by atoms with Crippen LogP contribution in [0.4, 0.5) is 0 Å². The van der Waals surface area contributed by atoms with E-state index in [1.165, 1.54) is 12.1 Å². The summed E-state index contributed by atoms with van der Waals surface area (Å²) in [5.41, 5.74) is 0.103. The maximum atomic E-state index is 12.7. The number of amides is 1. The van der Waals surface area contributed by atoms with Gasteiger partial charge < -0.3 is 15.0 Å². The Hall–Kier alpha value is -1.72. The molecular weight excluding hydrogens is 325 g/mol. The van der Waals surface area contributed by atoms with Gasteiger partial charge in [0.25, 0.3) is 5.91 Å². The number of carbonyl (C=O) groups is 1. The number of halogens is 2. The zero-order valence-electron chi connectivity index (χ0n) is 11.7. The lowest BCUT2D eigenvalue weighted by atomic mass is 9.96. The summed E-state index contributed by atoms with van der Waals surface area (Å²) < 4.78 is 0. The first-order valence-electron chi connectivity index (χ1n) is 7.03. The van der Waals surface area contributed by atoms with Crippen LogP contribution in [0.15, 0.2) is 24.5 Å². The number of H-pyrrole nitrogens is 1. The number of imidazole rings is 1. The van der Waals surface area contributed by atoms with Crippen molar-refractivity contribution in [2.75, 3.05) is 13.1 Å². The van der Waals surface area contributed by atoms with Gasteiger partial charge in [0.15, 0.2) is 0 Å². The summed E-state index contributed by atoms with van der Waals surface area (Å²) in [7, 11) is 0. The second kappa shape index (κ2) is 6.18. The molecular formula is C15H15Cl2N3O2. The van der Waals surface area contributed by atoms with Crippen LogP contribution in [0.5, 0.6) is 5.75 Å². The van der Waals surface area contributed by atoms with Gasteiger partial charge in [-0.05, 0) is 25.0 Å². The Labute approximate surface area is 137 Å². The Balaban J connectivity index is 1.83. The molecule has 1 aliphatic rings. The lowest BCUT2D eigenvalue weighted by Crippen LogP contribution is -2.39. The summed E-state index contributed by atoms with van der Waals surface area (Å²) in [6.45, 7) is 1.18. The first-order valence-corrected chi connectivity index (χ1v) is 7.78. The molecule has 7 heteroatoms. The van der Waals surface area contributed by atoms with E-state index in [0.717, 1.165) is 18.7 Å². The van der Waals surface area contributed by atoms with Gasteiger partial charge in [0.05, 0.1) is 10.6 Å². The van der Waals surface area contributed by atoms with Gasteiger partial charge in [-0.2, -0.15) is 0 Å². The fourth-order valence-electron chi connectivity index (χ4n) is 2.82. The number of hydrogen-bond donors (Lipinski definition) is 2. The minimum absolute atomic E-state index is 0.103. The molecule has 1 aliphatic heterocycles. The molecule has 22 heavy (non-hydrogen) atoms. The molecule has 0 spiro atoms. The number of aromatic nitrogens is 2. The average molecular weight is 340 g/mol. The van der Waals surface area contributed by atoms with Gasteiger partial charge in [0.1, 0.15) is 11.6 Å². The lowest BCUT2D eigenvalue weighted by Gasteiger charge is -2.32. The van der Waals surface area contributed by atoms with Gasteiger partial charge in [0.2, 0.25) is 0 Å². The zero-order valence-corrected chi connectivity index (χ0v) is 13.2. The number of rotatable bonds is 2. The molecule has 1 amide bonds. The molecule has 1 atom stereocenters. The van der Waals surface area contributed by atoms with Crippen LogP contribution in [0.25, 0.3) is 0 Å². The first-order chi connectivity index (χ1) is 10.6. The predicted octanol–water partition coefficient (Wildman–Crippen LogP) is 3.44. The van der Waals surface area contributed by atoms with E-state index < -0.39 is 0 Å². The monoisotopic (exact) mass is 339 g/mol. The Morgan fingerprint density at radius 3 is 2.91 bits per heavy atom. The van der Waals surface area contributed by atoms with E-state index in [1.54, 1.807) is 17.3 Å². The van der Waals surface area contributed by atoms with Gasteiger partial charge in [-0.3, -0.25) is 4.79 Å². The Morgan fingerprint density at radius 2 is 2.23 bits per heavy atom. The van der Waals surface area contributed by atoms with E-state index in [9.17, 15) is 9.90 Å². The van der Waals surface area contributed by atoms with E-state index in [-0.39, 0.29) is 28.2 Å².